The number of hydrogen-bond acceptors (Lipinski definition) is 3. The van der Waals surface area contributed by atoms with Crippen LogP contribution in [0.15, 0.2) is 42.7 Å². The molecule has 0 aliphatic rings. The van der Waals surface area contributed by atoms with E-state index in [1.807, 2.05) is 6.92 Å². The van der Waals surface area contributed by atoms with Gasteiger partial charge in [0, 0.05) is 24.4 Å². The lowest BCUT2D eigenvalue weighted by Crippen LogP contribution is -2.11. The largest absolute Gasteiger partial charge is 0.478 e. The lowest BCUT2D eigenvalue weighted by molar-refractivity contribution is -0.131. The van der Waals surface area contributed by atoms with E-state index in [1.54, 1.807) is 41.3 Å². The number of amides is 1. The second kappa shape index (κ2) is 6.51. The molecule has 1 aromatic heterocycles. The van der Waals surface area contributed by atoms with E-state index in [9.17, 15) is 9.59 Å². The van der Waals surface area contributed by atoms with Crippen LogP contribution in [0.25, 0.3) is 6.08 Å². The third-order valence-electron chi connectivity index (χ3n) is 2.78. The SMILES string of the molecule is CCn1cc(NC(=O)c2cccc(C=CC(=O)O)c2)cn1. The molecule has 0 atom stereocenters. The number of nitrogens with one attached hydrogen (secondary N) is 1. The standard InChI is InChI=1S/C15H15N3O3/c1-2-18-10-13(9-16-18)17-15(21)12-5-3-4-11(8-12)6-7-14(19)20/h3-10H,2H2,1H3,(H,17,21)(H,19,20). The molecule has 0 aliphatic carbocycles. The monoisotopic (exact) mass is 285 g/mol. The first-order valence-corrected chi connectivity index (χ1v) is 6.43. The van der Waals surface area contributed by atoms with Gasteiger partial charge in [0.1, 0.15) is 0 Å². The number of rotatable bonds is 5. The lowest BCUT2D eigenvalue weighted by Gasteiger charge is -2.03. The number of carbonyl (C=O) groups excluding carboxylic acids is 1. The maximum atomic E-state index is 12.1. The van der Waals surface area contributed by atoms with Crippen LogP contribution in [0.5, 0.6) is 0 Å². The van der Waals surface area contributed by atoms with E-state index in [0.29, 0.717) is 16.8 Å². The van der Waals surface area contributed by atoms with Gasteiger partial charge < -0.3 is 10.4 Å². The van der Waals surface area contributed by atoms with E-state index in [1.165, 1.54) is 6.08 Å². The molecule has 6 nitrogen and oxygen atoms in total. The predicted molar refractivity (Wildman–Crippen MR) is 79.0 cm³/mol. The van der Waals surface area contributed by atoms with E-state index < -0.39 is 5.97 Å². The van der Waals surface area contributed by atoms with Crippen molar-refractivity contribution in [3.05, 3.63) is 53.9 Å². The molecule has 0 fully saturated rings. The number of aryl methyl sites for hydroxylation is 1. The van der Waals surface area contributed by atoms with Crippen LogP contribution in [-0.4, -0.2) is 26.8 Å². The van der Waals surface area contributed by atoms with Gasteiger partial charge in [-0.2, -0.15) is 5.10 Å². The smallest absolute Gasteiger partial charge is 0.328 e. The van der Waals surface area contributed by atoms with Gasteiger partial charge in [0.25, 0.3) is 5.91 Å². The van der Waals surface area contributed by atoms with Gasteiger partial charge in [0.2, 0.25) is 0 Å². The third-order valence-corrected chi connectivity index (χ3v) is 2.78. The number of carboxylic acids is 1. The summed E-state index contributed by atoms with van der Waals surface area (Å²) >= 11 is 0. The fourth-order valence-electron chi connectivity index (χ4n) is 1.76. The number of aromatic nitrogens is 2. The molecular formula is C15H15N3O3. The Kier molecular flexibility index (Phi) is 4.50. The van der Waals surface area contributed by atoms with Gasteiger partial charge in [-0.25, -0.2) is 4.79 Å². The van der Waals surface area contributed by atoms with Gasteiger partial charge >= 0.3 is 5.97 Å². The van der Waals surface area contributed by atoms with Crippen molar-refractivity contribution in [3.8, 4) is 0 Å². The van der Waals surface area contributed by atoms with Gasteiger partial charge in [0.15, 0.2) is 0 Å². The summed E-state index contributed by atoms with van der Waals surface area (Å²) in [5.41, 5.74) is 1.72. The molecule has 0 saturated carbocycles. The molecule has 21 heavy (non-hydrogen) atoms. The number of anilines is 1. The van der Waals surface area contributed by atoms with Crippen LogP contribution in [0.1, 0.15) is 22.8 Å². The van der Waals surface area contributed by atoms with Crippen molar-refractivity contribution < 1.29 is 14.7 Å². The zero-order chi connectivity index (χ0) is 15.2. The summed E-state index contributed by atoms with van der Waals surface area (Å²) in [7, 11) is 0. The van der Waals surface area contributed by atoms with E-state index in [-0.39, 0.29) is 5.91 Å². The Morgan fingerprint density at radius 2 is 2.24 bits per heavy atom. The number of aliphatic carboxylic acids is 1. The van der Waals surface area contributed by atoms with Crippen LogP contribution in [0.3, 0.4) is 0 Å². The average molecular weight is 285 g/mol. The lowest BCUT2D eigenvalue weighted by atomic mass is 10.1. The van der Waals surface area contributed by atoms with E-state index in [2.05, 4.69) is 10.4 Å². The topological polar surface area (TPSA) is 84.2 Å². The molecule has 0 bridgehead atoms. The van der Waals surface area contributed by atoms with E-state index in [4.69, 9.17) is 5.11 Å². The first kappa shape index (κ1) is 14.5. The summed E-state index contributed by atoms with van der Waals surface area (Å²) in [6, 6.07) is 6.72. The zero-order valence-corrected chi connectivity index (χ0v) is 11.5. The van der Waals surface area contributed by atoms with Crippen molar-refractivity contribution >= 4 is 23.6 Å². The Morgan fingerprint density at radius 3 is 2.90 bits per heavy atom. The van der Waals surface area contributed by atoms with Crippen molar-refractivity contribution in [2.75, 3.05) is 5.32 Å². The minimum atomic E-state index is -1.03. The van der Waals surface area contributed by atoms with Gasteiger partial charge in [-0.1, -0.05) is 12.1 Å². The Labute approximate surface area is 121 Å². The summed E-state index contributed by atoms with van der Waals surface area (Å²) in [4.78, 5) is 22.6. The average Bonchev–Trinajstić information content (AvgIpc) is 2.93. The van der Waals surface area contributed by atoms with Crippen molar-refractivity contribution in [1.82, 2.24) is 9.78 Å². The Hall–Kier alpha value is -2.89. The van der Waals surface area contributed by atoms with Gasteiger partial charge in [-0.3, -0.25) is 9.48 Å². The number of carbonyl (C=O) groups is 2. The fraction of sp³-hybridized carbons (Fsp3) is 0.133. The molecule has 0 spiro atoms. The van der Waals surface area contributed by atoms with Crippen molar-refractivity contribution in [3.63, 3.8) is 0 Å². The molecular weight excluding hydrogens is 270 g/mol. The normalized spacial score (nSPS) is 10.7. The van der Waals surface area contributed by atoms with Crippen LogP contribution < -0.4 is 5.32 Å². The maximum Gasteiger partial charge on any atom is 0.328 e. The summed E-state index contributed by atoms with van der Waals surface area (Å²) in [6.07, 6.45) is 5.79. The summed E-state index contributed by atoms with van der Waals surface area (Å²) in [5, 5.41) is 15.4. The number of carboxylic acid groups (broad SMARTS) is 1. The molecule has 0 radical (unpaired) electrons. The second-order valence-corrected chi connectivity index (χ2v) is 4.34. The highest BCUT2D eigenvalue weighted by Crippen LogP contribution is 2.11. The Morgan fingerprint density at radius 1 is 1.43 bits per heavy atom. The van der Waals surface area contributed by atoms with Crippen molar-refractivity contribution in [1.29, 1.82) is 0 Å². The molecule has 108 valence electrons. The van der Waals surface area contributed by atoms with Crippen LogP contribution in [0.2, 0.25) is 0 Å². The highest BCUT2D eigenvalue weighted by Gasteiger charge is 2.07. The van der Waals surface area contributed by atoms with Crippen molar-refractivity contribution in [2.45, 2.75) is 13.5 Å². The number of hydrogen-bond donors (Lipinski definition) is 2. The molecule has 0 unspecified atom stereocenters. The van der Waals surface area contributed by atoms with Crippen molar-refractivity contribution in [2.24, 2.45) is 0 Å². The minimum Gasteiger partial charge on any atom is -0.478 e. The summed E-state index contributed by atoms with van der Waals surface area (Å²) in [5.74, 6) is -1.30. The molecule has 1 amide bonds. The van der Waals surface area contributed by atoms with E-state index >= 15 is 0 Å². The molecule has 1 heterocycles. The number of nitrogens with zero attached hydrogens (tertiary/aromatic N) is 2. The van der Waals surface area contributed by atoms with Crippen LogP contribution in [0.4, 0.5) is 5.69 Å². The maximum absolute atomic E-state index is 12.1. The Bertz CT molecular complexity index is 689. The third kappa shape index (κ3) is 4.04. The molecule has 2 N–H and O–H groups in total. The summed E-state index contributed by atoms with van der Waals surface area (Å²) < 4.78 is 1.71. The predicted octanol–water partition coefficient (Wildman–Crippen LogP) is 2.25. The van der Waals surface area contributed by atoms with Crippen LogP contribution in [-0.2, 0) is 11.3 Å². The molecule has 0 aliphatic heterocycles. The highest BCUT2D eigenvalue weighted by molar-refractivity contribution is 6.04. The van der Waals surface area contributed by atoms with Gasteiger partial charge in [0.05, 0.1) is 11.9 Å². The molecule has 0 saturated heterocycles. The second-order valence-electron chi connectivity index (χ2n) is 4.34. The zero-order valence-electron chi connectivity index (χ0n) is 11.5. The van der Waals surface area contributed by atoms with Gasteiger partial charge in [-0.05, 0) is 30.7 Å². The number of benzene rings is 1. The quantitative estimate of drug-likeness (QED) is 0.825. The first-order valence-electron chi connectivity index (χ1n) is 6.43. The van der Waals surface area contributed by atoms with E-state index in [0.717, 1.165) is 12.6 Å². The highest BCUT2D eigenvalue weighted by atomic mass is 16.4. The molecule has 2 aromatic rings. The van der Waals surface area contributed by atoms with Crippen LogP contribution >= 0.6 is 0 Å². The molecule has 2 rings (SSSR count). The van der Waals surface area contributed by atoms with Gasteiger partial charge in [-0.15, -0.1) is 0 Å². The Balaban J connectivity index is 2.11. The van der Waals surface area contributed by atoms with Crippen LogP contribution in [0, 0.1) is 0 Å². The molecule has 6 heteroatoms. The molecule has 1 aromatic carbocycles. The summed E-state index contributed by atoms with van der Waals surface area (Å²) in [6.45, 7) is 2.68. The fourth-order valence-corrected chi connectivity index (χ4v) is 1.76. The minimum absolute atomic E-state index is 0.267. The first-order chi connectivity index (χ1) is 10.1.